The average molecular weight is 443 g/mol. The fraction of sp³-hybridized carbons (Fsp3) is 0.333. The quantitative estimate of drug-likeness (QED) is 0.311. The zero-order valence-corrected chi connectivity index (χ0v) is 19.1. The van der Waals surface area contributed by atoms with Gasteiger partial charge in [0.2, 0.25) is 5.89 Å². The molecule has 0 fully saturated rings. The van der Waals surface area contributed by atoms with Crippen LogP contribution in [0.1, 0.15) is 41.3 Å². The van der Waals surface area contributed by atoms with E-state index in [2.05, 4.69) is 17.1 Å². The van der Waals surface area contributed by atoms with Crippen LogP contribution >= 0.6 is 23.1 Å². The molecule has 0 aliphatic carbocycles. The summed E-state index contributed by atoms with van der Waals surface area (Å²) in [5.41, 5.74) is 1.62. The molecule has 156 valence electrons. The van der Waals surface area contributed by atoms with Crippen LogP contribution in [0.25, 0.3) is 15.9 Å². The lowest BCUT2D eigenvalue weighted by molar-refractivity contribution is 0.376. The highest BCUT2D eigenvalue weighted by Gasteiger charge is 2.23. The van der Waals surface area contributed by atoms with E-state index >= 15 is 0 Å². The van der Waals surface area contributed by atoms with E-state index in [9.17, 15) is 4.79 Å². The molecule has 0 bridgehead atoms. The Kier molecular flexibility index (Phi) is 5.66. The van der Waals surface area contributed by atoms with E-state index in [1.165, 1.54) is 16.6 Å². The van der Waals surface area contributed by atoms with Gasteiger partial charge >= 0.3 is 0 Å². The second-order valence-electron chi connectivity index (χ2n) is 6.86. The number of methoxy groups -OCH3 is 1. The highest BCUT2D eigenvalue weighted by molar-refractivity contribution is 7.99. The number of hydrogen-bond acceptors (Lipinski definition) is 8. The van der Waals surface area contributed by atoms with Crippen molar-refractivity contribution in [3.63, 3.8) is 0 Å². The van der Waals surface area contributed by atoms with Crippen molar-refractivity contribution in [3.05, 3.63) is 56.8 Å². The number of rotatable bonds is 6. The lowest BCUT2D eigenvalue weighted by atomic mass is 10.2. The molecule has 0 saturated heterocycles. The molecule has 30 heavy (non-hydrogen) atoms. The van der Waals surface area contributed by atoms with Crippen LogP contribution in [0.2, 0.25) is 0 Å². The van der Waals surface area contributed by atoms with E-state index in [1.807, 2.05) is 38.1 Å². The normalized spacial score (nSPS) is 12.4. The van der Waals surface area contributed by atoms with Crippen molar-refractivity contribution >= 4 is 33.3 Å². The van der Waals surface area contributed by atoms with Crippen molar-refractivity contribution < 1.29 is 9.26 Å². The molecule has 9 heteroatoms. The van der Waals surface area contributed by atoms with Gasteiger partial charge in [-0.1, -0.05) is 29.9 Å². The van der Waals surface area contributed by atoms with Crippen molar-refractivity contribution in [1.82, 2.24) is 19.7 Å². The van der Waals surface area contributed by atoms with Gasteiger partial charge in [-0.2, -0.15) is 4.98 Å². The van der Waals surface area contributed by atoms with E-state index in [1.54, 1.807) is 29.9 Å². The van der Waals surface area contributed by atoms with Gasteiger partial charge in [0.15, 0.2) is 11.0 Å². The number of benzene rings is 1. The van der Waals surface area contributed by atoms with Crippen LogP contribution in [-0.4, -0.2) is 26.8 Å². The third-order valence-corrected chi connectivity index (χ3v) is 7.21. The molecule has 0 N–H and O–H groups in total. The number of aromatic nitrogens is 4. The molecule has 0 aliphatic rings. The highest BCUT2D eigenvalue weighted by atomic mass is 32.2. The predicted molar refractivity (Wildman–Crippen MR) is 119 cm³/mol. The van der Waals surface area contributed by atoms with Gasteiger partial charge in [0.1, 0.15) is 10.6 Å². The predicted octanol–water partition coefficient (Wildman–Crippen LogP) is 4.87. The average Bonchev–Trinajstić information content (AvgIpc) is 3.31. The Morgan fingerprint density at radius 3 is 2.77 bits per heavy atom. The number of nitrogens with zero attached hydrogens (tertiary/aromatic N) is 4. The zero-order valence-electron chi connectivity index (χ0n) is 17.4. The third kappa shape index (κ3) is 3.63. The van der Waals surface area contributed by atoms with E-state index in [-0.39, 0.29) is 10.8 Å². The minimum absolute atomic E-state index is 0.0851. The van der Waals surface area contributed by atoms with Gasteiger partial charge in [0, 0.05) is 10.9 Å². The molecule has 0 unspecified atom stereocenters. The SMILES string of the molecule is CCc1sc2nc(S[C@@H](C)c3nc(C)no3)n(-c3cccc(OC)c3)c(=O)c2c1C. The van der Waals surface area contributed by atoms with Gasteiger partial charge in [-0.05, 0) is 44.9 Å². The third-order valence-electron chi connectivity index (χ3n) is 4.84. The molecule has 0 aliphatic heterocycles. The summed E-state index contributed by atoms with van der Waals surface area (Å²) in [7, 11) is 1.61. The largest absolute Gasteiger partial charge is 0.497 e. The fourth-order valence-electron chi connectivity index (χ4n) is 3.29. The van der Waals surface area contributed by atoms with Crippen molar-refractivity contribution in [3.8, 4) is 11.4 Å². The van der Waals surface area contributed by atoms with Crippen LogP contribution in [0.15, 0.2) is 38.7 Å². The molecule has 4 rings (SSSR count). The first-order valence-corrected chi connectivity index (χ1v) is 11.3. The maximum atomic E-state index is 13.6. The van der Waals surface area contributed by atoms with Crippen LogP contribution in [0.4, 0.5) is 0 Å². The van der Waals surface area contributed by atoms with Gasteiger partial charge in [-0.15, -0.1) is 11.3 Å². The van der Waals surface area contributed by atoms with Crippen molar-refractivity contribution in [2.24, 2.45) is 0 Å². The first kappa shape index (κ1) is 20.6. The van der Waals surface area contributed by atoms with Crippen molar-refractivity contribution in [2.45, 2.75) is 44.5 Å². The summed E-state index contributed by atoms with van der Waals surface area (Å²) in [6.45, 7) is 7.82. The van der Waals surface area contributed by atoms with Crippen molar-refractivity contribution in [1.29, 1.82) is 0 Å². The van der Waals surface area contributed by atoms with E-state index in [0.717, 1.165) is 16.8 Å². The lowest BCUT2D eigenvalue weighted by Gasteiger charge is -2.14. The zero-order chi connectivity index (χ0) is 21.4. The number of fused-ring (bicyclic) bond motifs is 1. The maximum absolute atomic E-state index is 13.6. The number of hydrogen-bond donors (Lipinski definition) is 0. The summed E-state index contributed by atoms with van der Waals surface area (Å²) in [5.74, 6) is 1.75. The Morgan fingerprint density at radius 2 is 2.10 bits per heavy atom. The standard InChI is InChI=1S/C21H22N4O3S2/c1-6-16-11(2)17-19(30-16)23-21(29-12(3)18-22-13(4)24-28-18)25(20(17)26)14-8-7-9-15(10-14)27-5/h7-10,12H,6H2,1-5H3/t12-/m0/s1. The molecule has 1 aromatic carbocycles. The van der Waals surface area contributed by atoms with Gasteiger partial charge in [-0.25, -0.2) is 4.98 Å². The Morgan fingerprint density at radius 1 is 1.30 bits per heavy atom. The summed E-state index contributed by atoms with van der Waals surface area (Å²) in [6, 6.07) is 7.43. The highest BCUT2D eigenvalue weighted by Crippen LogP contribution is 2.36. The second-order valence-corrected chi connectivity index (χ2v) is 9.25. The molecule has 0 amide bonds. The number of aryl methyl sites for hydroxylation is 3. The second kappa shape index (κ2) is 8.23. The molecule has 3 aromatic heterocycles. The first-order valence-electron chi connectivity index (χ1n) is 9.59. The van der Waals surface area contributed by atoms with Crippen LogP contribution in [0.5, 0.6) is 5.75 Å². The molecule has 3 heterocycles. The summed E-state index contributed by atoms with van der Waals surface area (Å²) < 4.78 is 12.3. The Labute approximate surface area is 182 Å². The first-order chi connectivity index (χ1) is 14.4. The number of ether oxygens (including phenoxy) is 1. The molecular formula is C21H22N4O3S2. The topological polar surface area (TPSA) is 83.0 Å². The minimum Gasteiger partial charge on any atom is -0.497 e. The van der Waals surface area contributed by atoms with Gasteiger partial charge in [-0.3, -0.25) is 9.36 Å². The number of thiophene rings is 1. The van der Waals surface area contributed by atoms with Crippen LogP contribution in [0.3, 0.4) is 0 Å². The molecule has 0 saturated carbocycles. The molecule has 0 spiro atoms. The summed E-state index contributed by atoms with van der Waals surface area (Å²) in [5, 5.41) is 4.95. The number of thioether (sulfide) groups is 1. The summed E-state index contributed by atoms with van der Waals surface area (Å²) in [6.07, 6.45) is 0.867. The summed E-state index contributed by atoms with van der Waals surface area (Å²) in [4.78, 5) is 24.8. The minimum atomic E-state index is -0.167. The van der Waals surface area contributed by atoms with Gasteiger partial charge in [0.05, 0.1) is 23.4 Å². The molecule has 4 aromatic rings. The fourth-order valence-corrected chi connectivity index (χ4v) is 5.41. The van der Waals surface area contributed by atoms with Gasteiger partial charge < -0.3 is 9.26 Å². The molecule has 1 atom stereocenters. The Balaban J connectivity index is 1.93. The van der Waals surface area contributed by atoms with Crippen molar-refractivity contribution in [2.75, 3.05) is 7.11 Å². The van der Waals surface area contributed by atoms with Gasteiger partial charge in [0.25, 0.3) is 5.56 Å². The van der Waals surface area contributed by atoms with Crippen LogP contribution in [-0.2, 0) is 6.42 Å². The Bertz CT molecular complexity index is 1280. The lowest BCUT2D eigenvalue weighted by Crippen LogP contribution is -2.22. The van der Waals surface area contributed by atoms with Crippen LogP contribution in [0, 0.1) is 13.8 Å². The van der Waals surface area contributed by atoms with E-state index in [0.29, 0.717) is 33.7 Å². The monoisotopic (exact) mass is 442 g/mol. The summed E-state index contributed by atoms with van der Waals surface area (Å²) >= 11 is 3.00. The molecule has 7 nitrogen and oxygen atoms in total. The maximum Gasteiger partial charge on any atom is 0.267 e. The Hall–Kier alpha value is -2.65. The van der Waals surface area contributed by atoms with Crippen LogP contribution < -0.4 is 10.3 Å². The molecular weight excluding hydrogens is 420 g/mol. The molecule has 0 radical (unpaired) electrons. The van der Waals surface area contributed by atoms with E-state index < -0.39 is 0 Å². The van der Waals surface area contributed by atoms with E-state index in [4.69, 9.17) is 14.2 Å². The smallest absolute Gasteiger partial charge is 0.267 e.